The van der Waals surface area contributed by atoms with Gasteiger partial charge in [-0.1, -0.05) is 0 Å². The highest BCUT2D eigenvalue weighted by atomic mass is 16.2. The lowest BCUT2D eigenvalue weighted by Crippen LogP contribution is -2.48. The number of hydrogen-bond acceptors (Lipinski definition) is 3. The fraction of sp³-hybridized carbons (Fsp3) is 0.545. The Balaban J connectivity index is 1.97. The van der Waals surface area contributed by atoms with Crippen molar-refractivity contribution in [1.29, 1.82) is 0 Å². The molecule has 2 N–H and O–H groups in total. The Morgan fingerprint density at radius 3 is 2.94 bits per heavy atom. The average molecular weight is 236 g/mol. The minimum atomic E-state index is -0.144. The van der Waals surface area contributed by atoms with Crippen molar-refractivity contribution in [2.45, 2.75) is 25.8 Å². The number of hydrogen-bond donors (Lipinski definition) is 2. The number of amides is 2. The van der Waals surface area contributed by atoms with Crippen molar-refractivity contribution in [3.63, 3.8) is 0 Å². The van der Waals surface area contributed by atoms with Crippen molar-refractivity contribution >= 4 is 11.8 Å². The van der Waals surface area contributed by atoms with Gasteiger partial charge in [0.25, 0.3) is 5.91 Å². The normalized spacial score (nSPS) is 19.9. The molecule has 92 valence electrons. The second-order valence-corrected chi connectivity index (χ2v) is 4.31. The number of nitrogens with zero attached hydrogens (tertiary/aromatic N) is 2. The highest BCUT2D eigenvalue weighted by molar-refractivity contribution is 5.93. The molecule has 1 aromatic heterocycles. The van der Waals surface area contributed by atoms with E-state index in [1.54, 1.807) is 17.8 Å². The average Bonchev–Trinajstić information content (AvgIpc) is 2.61. The third kappa shape index (κ3) is 2.64. The number of carbonyl (C=O) groups is 2. The second kappa shape index (κ2) is 4.57. The molecule has 2 heterocycles. The number of aromatic nitrogens is 2. The van der Waals surface area contributed by atoms with Crippen molar-refractivity contribution in [2.75, 3.05) is 6.54 Å². The summed E-state index contributed by atoms with van der Waals surface area (Å²) in [5, 5.41) is 9.75. The lowest BCUT2D eigenvalue weighted by Gasteiger charge is -2.23. The molecule has 0 radical (unpaired) electrons. The first kappa shape index (κ1) is 11.6. The van der Waals surface area contributed by atoms with Crippen molar-refractivity contribution in [3.8, 4) is 0 Å². The van der Waals surface area contributed by atoms with Crippen LogP contribution in [0.25, 0.3) is 0 Å². The van der Waals surface area contributed by atoms with Crippen LogP contribution >= 0.6 is 0 Å². The van der Waals surface area contributed by atoms with Gasteiger partial charge in [-0.3, -0.25) is 14.3 Å². The van der Waals surface area contributed by atoms with Gasteiger partial charge in [0.15, 0.2) is 0 Å². The van der Waals surface area contributed by atoms with E-state index in [4.69, 9.17) is 0 Å². The molecule has 2 rings (SSSR count). The van der Waals surface area contributed by atoms with Gasteiger partial charge in [0.2, 0.25) is 5.91 Å². The van der Waals surface area contributed by atoms with Crippen molar-refractivity contribution < 1.29 is 9.59 Å². The number of carbonyl (C=O) groups excluding carboxylic acids is 2. The predicted molar refractivity (Wildman–Crippen MR) is 61.4 cm³/mol. The van der Waals surface area contributed by atoms with E-state index in [2.05, 4.69) is 15.7 Å². The molecule has 0 aromatic carbocycles. The number of rotatable bonds is 2. The van der Waals surface area contributed by atoms with Gasteiger partial charge in [0, 0.05) is 26.1 Å². The first-order valence-electron chi connectivity index (χ1n) is 5.64. The molecule has 1 unspecified atom stereocenters. The fourth-order valence-electron chi connectivity index (χ4n) is 1.94. The van der Waals surface area contributed by atoms with E-state index in [0.29, 0.717) is 25.1 Å². The Hall–Kier alpha value is -1.85. The summed E-state index contributed by atoms with van der Waals surface area (Å²) in [6, 6.07) is 1.76. The Morgan fingerprint density at radius 1 is 1.65 bits per heavy atom. The molecule has 6 heteroatoms. The molecule has 1 aliphatic rings. The standard InChI is InChI=1S/C11H16N4O2/c1-7-5-9(15(2)14-7)11(17)13-8-3-4-10(16)12-6-8/h5,8H,3-4,6H2,1-2H3,(H,12,16)(H,13,17). The van der Waals surface area contributed by atoms with Crippen LogP contribution in [0.4, 0.5) is 0 Å². The largest absolute Gasteiger partial charge is 0.354 e. The van der Waals surface area contributed by atoms with Crippen LogP contribution in [-0.4, -0.2) is 34.2 Å². The minimum absolute atomic E-state index is 0.00964. The van der Waals surface area contributed by atoms with Crippen LogP contribution in [0.15, 0.2) is 6.07 Å². The van der Waals surface area contributed by atoms with Gasteiger partial charge in [-0.25, -0.2) is 0 Å². The molecule has 6 nitrogen and oxygen atoms in total. The van der Waals surface area contributed by atoms with Crippen LogP contribution in [0, 0.1) is 6.92 Å². The number of aryl methyl sites for hydroxylation is 2. The van der Waals surface area contributed by atoms with Gasteiger partial charge in [-0.15, -0.1) is 0 Å². The summed E-state index contributed by atoms with van der Waals surface area (Å²) in [4.78, 5) is 22.9. The van der Waals surface area contributed by atoms with Gasteiger partial charge in [-0.2, -0.15) is 5.10 Å². The summed E-state index contributed by atoms with van der Waals surface area (Å²) in [6.07, 6.45) is 1.16. The molecule has 0 saturated carbocycles. The Kier molecular flexibility index (Phi) is 3.12. The van der Waals surface area contributed by atoms with Gasteiger partial charge in [0.05, 0.1) is 5.69 Å². The smallest absolute Gasteiger partial charge is 0.269 e. The summed E-state index contributed by atoms with van der Waals surface area (Å²) >= 11 is 0. The Bertz CT molecular complexity index is 442. The van der Waals surface area contributed by atoms with Crippen LogP contribution in [-0.2, 0) is 11.8 Å². The van der Waals surface area contributed by atoms with Gasteiger partial charge in [-0.05, 0) is 19.4 Å². The van der Waals surface area contributed by atoms with Crippen molar-refractivity contribution in [2.24, 2.45) is 7.05 Å². The van der Waals surface area contributed by atoms with Crippen molar-refractivity contribution in [1.82, 2.24) is 20.4 Å². The van der Waals surface area contributed by atoms with Crippen LogP contribution in [0.5, 0.6) is 0 Å². The highest BCUT2D eigenvalue weighted by Crippen LogP contribution is 2.06. The number of piperidine rings is 1. The Labute approximate surface area is 99.4 Å². The SMILES string of the molecule is Cc1cc(C(=O)NC2CCC(=O)NC2)n(C)n1. The monoisotopic (exact) mass is 236 g/mol. The molecule has 0 bridgehead atoms. The molecule has 2 amide bonds. The molecule has 1 saturated heterocycles. The molecule has 0 spiro atoms. The van der Waals surface area contributed by atoms with Crippen LogP contribution in [0.3, 0.4) is 0 Å². The van der Waals surface area contributed by atoms with E-state index < -0.39 is 0 Å². The zero-order valence-corrected chi connectivity index (χ0v) is 9.99. The molecule has 1 fully saturated rings. The zero-order valence-electron chi connectivity index (χ0n) is 9.99. The zero-order chi connectivity index (χ0) is 12.4. The van der Waals surface area contributed by atoms with E-state index in [1.807, 2.05) is 6.92 Å². The van der Waals surface area contributed by atoms with Crippen molar-refractivity contribution in [3.05, 3.63) is 17.5 Å². The minimum Gasteiger partial charge on any atom is -0.354 e. The summed E-state index contributed by atoms with van der Waals surface area (Å²) in [5.74, 6) is -0.0962. The topological polar surface area (TPSA) is 76.0 Å². The lowest BCUT2D eigenvalue weighted by atomic mass is 10.1. The van der Waals surface area contributed by atoms with Gasteiger partial charge in [0.1, 0.15) is 5.69 Å². The summed E-state index contributed by atoms with van der Waals surface area (Å²) in [7, 11) is 1.74. The molecule has 17 heavy (non-hydrogen) atoms. The van der Waals surface area contributed by atoms with E-state index in [9.17, 15) is 9.59 Å². The predicted octanol–water partition coefficient (Wildman–Crippen LogP) is -0.263. The Morgan fingerprint density at radius 2 is 2.41 bits per heavy atom. The maximum Gasteiger partial charge on any atom is 0.269 e. The van der Waals surface area contributed by atoms with Gasteiger partial charge < -0.3 is 10.6 Å². The third-order valence-electron chi connectivity index (χ3n) is 2.84. The number of nitrogens with one attached hydrogen (secondary N) is 2. The quantitative estimate of drug-likeness (QED) is 0.742. The van der Waals surface area contributed by atoms with E-state index in [0.717, 1.165) is 5.69 Å². The third-order valence-corrected chi connectivity index (χ3v) is 2.84. The lowest BCUT2D eigenvalue weighted by molar-refractivity contribution is -0.122. The molecule has 0 aliphatic carbocycles. The molecule has 1 aromatic rings. The van der Waals surface area contributed by atoms with E-state index in [1.165, 1.54) is 0 Å². The van der Waals surface area contributed by atoms with Crippen LogP contribution in [0.2, 0.25) is 0 Å². The maximum absolute atomic E-state index is 11.9. The summed E-state index contributed by atoms with van der Waals surface area (Å²) in [5.41, 5.74) is 1.36. The molecular weight excluding hydrogens is 220 g/mol. The van der Waals surface area contributed by atoms with E-state index in [-0.39, 0.29) is 17.9 Å². The summed E-state index contributed by atoms with van der Waals surface area (Å²) < 4.78 is 1.56. The summed E-state index contributed by atoms with van der Waals surface area (Å²) in [6.45, 7) is 2.35. The van der Waals surface area contributed by atoms with Gasteiger partial charge >= 0.3 is 0 Å². The van der Waals surface area contributed by atoms with Crippen LogP contribution in [0.1, 0.15) is 29.0 Å². The molecular formula is C11H16N4O2. The highest BCUT2D eigenvalue weighted by Gasteiger charge is 2.21. The maximum atomic E-state index is 11.9. The first-order valence-corrected chi connectivity index (χ1v) is 5.64. The second-order valence-electron chi connectivity index (χ2n) is 4.31. The fourth-order valence-corrected chi connectivity index (χ4v) is 1.94. The van der Waals surface area contributed by atoms with Crippen LogP contribution < -0.4 is 10.6 Å². The first-order chi connectivity index (χ1) is 8.06. The molecule has 1 atom stereocenters. The molecule has 1 aliphatic heterocycles. The van der Waals surface area contributed by atoms with E-state index >= 15 is 0 Å².